The maximum absolute atomic E-state index is 5.87. The Labute approximate surface area is 115 Å². The molecule has 1 aromatic carbocycles. The van der Waals surface area contributed by atoms with Crippen LogP contribution in [0.5, 0.6) is 0 Å². The molecule has 1 aromatic rings. The van der Waals surface area contributed by atoms with E-state index in [1.165, 1.54) is 5.84 Å². The Morgan fingerprint density at radius 3 is 2.89 bits per heavy atom. The third-order valence-electron chi connectivity index (χ3n) is 3.64. The van der Waals surface area contributed by atoms with Crippen LogP contribution in [0.15, 0.2) is 23.2 Å². The average Bonchev–Trinajstić information content (AvgIpc) is 2.58. The van der Waals surface area contributed by atoms with Crippen molar-refractivity contribution in [3.05, 3.63) is 18.2 Å². The van der Waals surface area contributed by atoms with Crippen molar-refractivity contribution in [2.45, 2.75) is 19.4 Å². The minimum atomic E-state index is 0.388. The topological polar surface area (TPSA) is 39.7 Å². The summed E-state index contributed by atoms with van der Waals surface area (Å²) >= 11 is 0. The summed E-state index contributed by atoms with van der Waals surface area (Å²) in [5.74, 6) is 1.17. The first-order valence-electron chi connectivity index (χ1n) is 6.91. The Balaban J connectivity index is 1.94. The van der Waals surface area contributed by atoms with Gasteiger partial charge in [0.25, 0.3) is 0 Å². The molecule has 1 saturated heterocycles. The molecule has 98 valence electrons. The van der Waals surface area contributed by atoms with Crippen LogP contribution in [0, 0.1) is 0 Å². The predicted octanol–water partition coefficient (Wildman–Crippen LogP) is 0.620. The van der Waals surface area contributed by atoms with E-state index in [9.17, 15) is 0 Å². The molecule has 1 fully saturated rings. The Morgan fingerprint density at radius 2 is 2.11 bits per heavy atom. The summed E-state index contributed by atoms with van der Waals surface area (Å²) < 4.78 is 0. The average molecular weight is 254 g/mol. The Hall–Kier alpha value is -1.49. The van der Waals surface area contributed by atoms with E-state index in [-0.39, 0.29) is 0 Å². The van der Waals surface area contributed by atoms with E-state index in [1.54, 1.807) is 0 Å². The number of benzene rings is 1. The number of hydrogen-bond acceptors (Lipinski definition) is 4. The Bertz CT molecular complexity index is 494. The first-order chi connectivity index (χ1) is 9.22. The van der Waals surface area contributed by atoms with Crippen LogP contribution in [0.2, 0.25) is 0 Å². The molecule has 2 aliphatic rings. The van der Waals surface area contributed by atoms with E-state index < -0.39 is 0 Å². The second kappa shape index (κ2) is 5.25. The summed E-state index contributed by atoms with van der Waals surface area (Å²) in [4.78, 5) is 7.23. The normalized spacial score (nSPS) is 23.1. The number of anilines is 1. The lowest BCUT2D eigenvalue weighted by atomic mass is 9.95. The van der Waals surface area contributed by atoms with Gasteiger partial charge < -0.3 is 15.5 Å². The zero-order valence-electron chi connectivity index (χ0n) is 11.3. The number of piperazine rings is 1. The van der Waals surface area contributed by atoms with Crippen molar-refractivity contribution in [2.75, 3.05) is 31.5 Å². The van der Waals surface area contributed by atoms with Gasteiger partial charge in [0, 0.05) is 38.6 Å². The molecule has 0 saturated carbocycles. The van der Waals surface area contributed by atoms with Crippen LogP contribution in [-0.4, -0.2) is 50.8 Å². The van der Waals surface area contributed by atoms with Gasteiger partial charge in [-0.15, -0.1) is 0 Å². The van der Waals surface area contributed by atoms with Gasteiger partial charge in [-0.1, -0.05) is 11.5 Å². The molecule has 2 heterocycles. The summed E-state index contributed by atoms with van der Waals surface area (Å²) in [6.07, 6.45) is 0.953. The first kappa shape index (κ1) is 12.5. The number of hydrogen-bond donors (Lipinski definition) is 2. The number of fused-ring (bicyclic) bond motifs is 1. The second-order valence-corrected chi connectivity index (χ2v) is 5.29. The minimum absolute atomic E-state index is 0.388. The van der Waals surface area contributed by atoms with Gasteiger partial charge in [0.15, 0.2) is 0 Å². The van der Waals surface area contributed by atoms with Crippen molar-refractivity contribution in [2.24, 2.45) is 4.99 Å². The molecule has 0 aromatic heterocycles. The number of nitrogens with one attached hydrogen (secondary N) is 2. The molecular weight excluding hydrogens is 235 g/mol. The van der Waals surface area contributed by atoms with Crippen molar-refractivity contribution in [3.8, 4) is 0 Å². The lowest BCUT2D eigenvalue weighted by Gasteiger charge is -2.30. The highest BCUT2D eigenvalue weighted by molar-refractivity contribution is 6.32. The number of nitrogens with zero attached hydrogens (tertiary/aromatic N) is 2. The molecular formula is C14H19BN4. The zero-order valence-corrected chi connectivity index (χ0v) is 11.3. The van der Waals surface area contributed by atoms with E-state index in [0.717, 1.165) is 49.4 Å². The number of amidine groups is 1. The predicted molar refractivity (Wildman–Crippen MR) is 81.1 cm³/mol. The second-order valence-electron chi connectivity index (χ2n) is 5.29. The smallest absolute Gasteiger partial charge is 0.113 e. The molecule has 2 N–H and O–H groups in total. The number of aliphatic imine (C=N–C) groups is 1. The fourth-order valence-electron chi connectivity index (χ4n) is 2.66. The summed E-state index contributed by atoms with van der Waals surface area (Å²) in [5, 5.41) is 6.88. The van der Waals surface area contributed by atoms with Crippen LogP contribution in [0.3, 0.4) is 0 Å². The largest absolute Gasteiger partial charge is 0.380 e. The molecule has 1 atom stereocenters. The van der Waals surface area contributed by atoms with E-state index >= 15 is 0 Å². The first-order valence-corrected chi connectivity index (χ1v) is 6.91. The van der Waals surface area contributed by atoms with Gasteiger partial charge in [0.2, 0.25) is 0 Å². The van der Waals surface area contributed by atoms with Crippen molar-refractivity contribution in [1.29, 1.82) is 0 Å². The molecule has 3 rings (SSSR count). The number of rotatable bonds is 0. The molecule has 0 spiro atoms. The fourth-order valence-corrected chi connectivity index (χ4v) is 2.66. The van der Waals surface area contributed by atoms with Gasteiger partial charge in [-0.05, 0) is 19.1 Å². The molecule has 0 aliphatic carbocycles. The van der Waals surface area contributed by atoms with Gasteiger partial charge in [-0.3, -0.25) is 0 Å². The van der Waals surface area contributed by atoms with Crippen molar-refractivity contribution >= 4 is 30.5 Å². The molecule has 2 radical (unpaired) electrons. The Kier molecular flexibility index (Phi) is 3.47. The summed E-state index contributed by atoms with van der Waals surface area (Å²) in [7, 11) is 5.87. The molecule has 0 amide bonds. The molecule has 19 heavy (non-hydrogen) atoms. The molecule has 0 bridgehead atoms. The maximum atomic E-state index is 5.87. The highest BCUT2D eigenvalue weighted by Gasteiger charge is 2.20. The molecule has 4 nitrogen and oxygen atoms in total. The van der Waals surface area contributed by atoms with Gasteiger partial charge in [0.1, 0.15) is 13.7 Å². The van der Waals surface area contributed by atoms with Crippen LogP contribution in [0.4, 0.5) is 11.4 Å². The van der Waals surface area contributed by atoms with Crippen LogP contribution < -0.4 is 16.1 Å². The lowest BCUT2D eigenvalue weighted by molar-refractivity contribution is 0.350. The van der Waals surface area contributed by atoms with Gasteiger partial charge >= 0.3 is 0 Å². The molecule has 2 aliphatic heterocycles. The lowest BCUT2D eigenvalue weighted by Crippen LogP contribution is -2.47. The zero-order chi connectivity index (χ0) is 13.2. The van der Waals surface area contributed by atoms with Crippen molar-refractivity contribution in [1.82, 2.24) is 10.2 Å². The highest BCUT2D eigenvalue weighted by atomic mass is 15.2. The standard InChI is InChI=1S/C14H19BN4/c1-10-8-14(19-6-4-16-5-7-19)18-13-9-11(15)2-3-12(13)17-10/h2-3,9-10,16-17H,4-8H2,1H3. The Morgan fingerprint density at radius 1 is 1.32 bits per heavy atom. The molecule has 1 unspecified atom stereocenters. The summed E-state index contributed by atoms with van der Waals surface area (Å²) in [6, 6.07) is 6.27. The maximum Gasteiger partial charge on any atom is 0.113 e. The van der Waals surface area contributed by atoms with E-state index in [4.69, 9.17) is 12.8 Å². The summed E-state index contributed by atoms with van der Waals surface area (Å²) in [5.41, 5.74) is 2.79. The van der Waals surface area contributed by atoms with E-state index in [1.807, 2.05) is 18.2 Å². The monoisotopic (exact) mass is 254 g/mol. The third kappa shape index (κ3) is 2.76. The van der Waals surface area contributed by atoms with Crippen LogP contribution in [-0.2, 0) is 0 Å². The SMILES string of the molecule is [B]c1ccc2c(c1)N=C(N1CCNCC1)CC(C)N2. The minimum Gasteiger partial charge on any atom is -0.380 e. The highest BCUT2D eigenvalue weighted by Crippen LogP contribution is 2.28. The molecule has 5 heteroatoms. The third-order valence-corrected chi connectivity index (χ3v) is 3.64. The van der Waals surface area contributed by atoms with Crippen molar-refractivity contribution < 1.29 is 0 Å². The van der Waals surface area contributed by atoms with Gasteiger partial charge in [0.05, 0.1) is 11.4 Å². The summed E-state index contributed by atoms with van der Waals surface area (Å²) in [6.45, 7) is 6.32. The van der Waals surface area contributed by atoms with Gasteiger partial charge in [-0.25, -0.2) is 4.99 Å². The fraction of sp³-hybridized carbons (Fsp3) is 0.500. The van der Waals surface area contributed by atoms with Crippen LogP contribution in [0.1, 0.15) is 13.3 Å². The van der Waals surface area contributed by atoms with Crippen molar-refractivity contribution in [3.63, 3.8) is 0 Å². The van der Waals surface area contributed by atoms with Crippen LogP contribution in [0.25, 0.3) is 0 Å². The quantitative estimate of drug-likeness (QED) is 0.667. The van der Waals surface area contributed by atoms with E-state index in [2.05, 4.69) is 22.5 Å². The van der Waals surface area contributed by atoms with Crippen LogP contribution >= 0.6 is 0 Å². The van der Waals surface area contributed by atoms with E-state index in [0.29, 0.717) is 6.04 Å². The van der Waals surface area contributed by atoms with Gasteiger partial charge in [-0.2, -0.15) is 0 Å².